The number of carbonyl (C=O) groups excluding carboxylic acids is 3. The van der Waals surface area contributed by atoms with Gasteiger partial charge < -0.3 is 5.32 Å². The van der Waals surface area contributed by atoms with E-state index in [-0.39, 0.29) is 11.8 Å². The summed E-state index contributed by atoms with van der Waals surface area (Å²) < 4.78 is 0. The summed E-state index contributed by atoms with van der Waals surface area (Å²) in [6, 6.07) is 8.24. The number of nitrogens with one attached hydrogen (secondary N) is 1. The molecule has 3 rings (SSSR count). The second-order valence-electron chi connectivity index (χ2n) is 6.11. The zero-order valence-corrected chi connectivity index (χ0v) is 14.5. The third-order valence-corrected chi connectivity index (χ3v) is 4.73. The van der Waals surface area contributed by atoms with Gasteiger partial charge in [0.25, 0.3) is 5.91 Å². The van der Waals surface area contributed by atoms with Gasteiger partial charge in [0.05, 0.1) is 10.6 Å². The fourth-order valence-corrected chi connectivity index (χ4v) is 3.52. The summed E-state index contributed by atoms with van der Waals surface area (Å²) in [6.45, 7) is 5.54. The molecule has 1 aromatic heterocycles. The van der Waals surface area contributed by atoms with Crippen molar-refractivity contribution >= 4 is 34.7 Å². The Morgan fingerprint density at radius 2 is 2.00 bits per heavy atom. The van der Waals surface area contributed by atoms with E-state index in [0.717, 1.165) is 10.5 Å². The molecule has 5 nitrogen and oxygen atoms in total. The lowest BCUT2D eigenvalue weighted by Crippen LogP contribution is -2.45. The van der Waals surface area contributed by atoms with Gasteiger partial charge in [0, 0.05) is 6.04 Å². The fourth-order valence-electron chi connectivity index (χ4n) is 2.83. The first kappa shape index (κ1) is 16.4. The lowest BCUT2D eigenvalue weighted by Gasteiger charge is -2.18. The Labute approximate surface area is 144 Å². The van der Waals surface area contributed by atoms with Gasteiger partial charge in [0.2, 0.25) is 0 Å². The SMILES string of the molecule is Cc1ccc2c(c1)C(C(=O)c1cccs1)C(=O)N2C(=O)NC(C)C. The molecule has 2 aromatic rings. The van der Waals surface area contributed by atoms with Crippen LogP contribution in [0.15, 0.2) is 35.7 Å². The predicted octanol–water partition coefficient (Wildman–Crippen LogP) is 3.49. The number of amides is 3. The molecular formula is C18H18N2O3S. The summed E-state index contributed by atoms with van der Waals surface area (Å²) in [7, 11) is 0. The number of anilines is 1. The molecule has 0 radical (unpaired) electrons. The van der Waals surface area contributed by atoms with E-state index >= 15 is 0 Å². The van der Waals surface area contributed by atoms with E-state index in [2.05, 4.69) is 5.32 Å². The highest BCUT2D eigenvalue weighted by Gasteiger charge is 2.45. The minimum Gasteiger partial charge on any atom is -0.335 e. The first-order valence-corrected chi connectivity index (χ1v) is 8.61. The Hall–Kier alpha value is -2.47. The number of thiophene rings is 1. The minimum atomic E-state index is -0.962. The monoisotopic (exact) mass is 342 g/mol. The summed E-state index contributed by atoms with van der Waals surface area (Å²) in [5.74, 6) is -1.72. The Balaban J connectivity index is 2.06. The van der Waals surface area contributed by atoms with Crippen LogP contribution in [0.2, 0.25) is 0 Å². The first-order chi connectivity index (χ1) is 11.4. The zero-order valence-electron chi connectivity index (χ0n) is 13.7. The number of carbonyl (C=O) groups is 3. The van der Waals surface area contributed by atoms with Crippen LogP contribution in [0.3, 0.4) is 0 Å². The number of aryl methyl sites for hydroxylation is 1. The lowest BCUT2D eigenvalue weighted by molar-refractivity contribution is -0.117. The molecule has 2 heterocycles. The van der Waals surface area contributed by atoms with Crippen LogP contribution in [0, 0.1) is 6.92 Å². The average molecular weight is 342 g/mol. The highest BCUT2D eigenvalue weighted by molar-refractivity contribution is 7.12. The predicted molar refractivity (Wildman–Crippen MR) is 93.7 cm³/mol. The van der Waals surface area contributed by atoms with Gasteiger partial charge in [-0.3, -0.25) is 9.59 Å². The third-order valence-electron chi connectivity index (χ3n) is 3.84. The van der Waals surface area contributed by atoms with Crippen molar-refractivity contribution in [3.63, 3.8) is 0 Å². The molecule has 1 aliphatic heterocycles. The lowest BCUT2D eigenvalue weighted by atomic mass is 9.94. The van der Waals surface area contributed by atoms with Crippen molar-refractivity contribution in [1.82, 2.24) is 5.32 Å². The number of hydrogen-bond acceptors (Lipinski definition) is 4. The largest absolute Gasteiger partial charge is 0.335 e. The number of fused-ring (bicyclic) bond motifs is 1. The topological polar surface area (TPSA) is 66.5 Å². The van der Waals surface area contributed by atoms with Crippen LogP contribution in [-0.4, -0.2) is 23.8 Å². The van der Waals surface area contributed by atoms with Crippen molar-refractivity contribution in [2.45, 2.75) is 32.7 Å². The number of benzene rings is 1. The number of urea groups is 1. The molecule has 1 aromatic carbocycles. The van der Waals surface area contributed by atoms with Crippen LogP contribution in [0.25, 0.3) is 0 Å². The van der Waals surface area contributed by atoms with Gasteiger partial charge in [0.1, 0.15) is 5.92 Å². The molecule has 1 atom stereocenters. The maximum absolute atomic E-state index is 12.9. The van der Waals surface area contributed by atoms with Crippen molar-refractivity contribution in [2.24, 2.45) is 0 Å². The van der Waals surface area contributed by atoms with Crippen LogP contribution in [-0.2, 0) is 4.79 Å². The van der Waals surface area contributed by atoms with Crippen molar-refractivity contribution < 1.29 is 14.4 Å². The van der Waals surface area contributed by atoms with E-state index in [9.17, 15) is 14.4 Å². The molecular weight excluding hydrogens is 324 g/mol. The second-order valence-corrected chi connectivity index (χ2v) is 7.06. The fraction of sp³-hybridized carbons (Fsp3) is 0.278. The van der Waals surface area contributed by atoms with Gasteiger partial charge in [-0.15, -0.1) is 11.3 Å². The quantitative estimate of drug-likeness (QED) is 0.686. The van der Waals surface area contributed by atoms with E-state index in [4.69, 9.17) is 0 Å². The van der Waals surface area contributed by atoms with E-state index in [1.54, 1.807) is 23.6 Å². The Morgan fingerprint density at radius 3 is 2.62 bits per heavy atom. The molecule has 0 saturated carbocycles. The maximum atomic E-state index is 12.9. The molecule has 1 N–H and O–H groups in total. The minimum absolute atomic E-state index is 0.105. The normalized spacial score (nSPS) is 16.4. The smallest absolute Gasteiger partial charge is 0.328 e. The summed E-state index contributed by atoms with van der Waals surface area (Å²) in [6.07, 6.45) is 0. The van der Waals surface area contributed by atoms with Crippen LogP contribution in [0.4, 0.5) is 10.5 Å². The molecule has 6 heteroatoms. The average Bonchev–Trinajstić information content (AvgIpc) is 3.11. The van der Waals surface area contributed by atoms with Crippen LogP contribution in [0.1, 0.15) is 40.6 Å². The van der Waals surface area contributed by atoms with Crippen LogP contribution >= 0.6 is 11.3 Å². The van der Waals surface area contributed by atoms with Gasteiger partial charge >= 0.3 is 6.03 Å². The van der Waals surface area contributed by atoms with E-state index in [1.807, 2.05) is 32.9 Å². The van der Waals surface area contributed by atoms with Crippen molar-refractivity contribution in [2.75, 3.05) is 4.90 Å². The first-order valence-electron chi connectivity index (χ1n) is 7.73. The standard InChI is InChI=1S/C18H18N2O3S/c1-10(2)19-18(23)20-13-7-6-11(3)9-12(13)15(17(20)22)16(21)14-5-4-8-24-14/h4-10,15H,1-3H3,(H,19,23). The van der Waals surface area contributed by atoms with Crippen LogP contribution < -0.4 is 10.2 Å². The highest BCUT2D eigenvalue weighted by atomic mass is 32.1. The molecule has 0 spiro atoms. The summed E-state index contributed by atoms with van der Waals surface area (Å²) in [5, 5.41) is 4.52. The third kappa shape index (κ3) is 2.73. The summed E-state index contributed by atoms with van der Waals surface area (Å²) >= 11 is 1.30. The maximum Gasteiger partial charge on any atom is 0.328 e. The molecule has 3 amide bonds. The van der Waals surface area contributed by atoms with Crippen LogP contribution in [0.5, 0.6) is 0 Å². The van der Waals surface area contributed by atoms with Crippen molar-refractivity contribution in [3.8, 4) is 0 Å². The molecule has 24 heavy (non-hydrogen) atoms. The molecule has 0 saturated heterocycles. The van der Waals surface area contributed by atoms with Gasteiger partial charge in [0.15, 0.2) is 5.78 Å². The van der Waals surface area contributed by atoms with E-state index < -0.39 is 17.9 Å². The Kier molecular flexibility index (Phi) is 4.24. The highest BCUT2D eigenvalue weighted by Crippen LogP contribution is 2.40. The molecule has 1 aliphatic rings. The Morgan fingerprint density at radius 1 is 1.25 bits per heavy atom. The molecule has 0 bridgehead atoms. The number of rotatable bonds is 3. The van der Waals surface area contributed by atoms with Crippen molar-refractivity contribution in [3.05, 3.63) is 51.7 Å². The molecule has 0 fully saturated rings. The molecule has 1 unspecified atom stereocenters. The van der Waals surface area contributed by atoms with E-state index in [1.165, 1.54) is 11.3 Å². The van der Waals surface area contributed by atoms with Gasteiger partial charge in [-0.05, 0) is 43.8 Å². The molecule has 124 valence electrons. The van der Waals surface area contributed by atoms with Gasteiger partial charge in [-0.1, -0.05) is 23.8 Å². The number of ketones is 1. The number of nitrogens with zero attached hydrogens (tertiary/aromatic N) is 1. The zero-order chi connectivity index (χ0) is 17.4. The summed E-state index contributed by atoms with van der Waals surface area (Å²) in [5.41, 5.74) is 2.02. The van der Waals surface area contributed by atoms with Gasteiger partial charge in [-0.25, -0.2) is 9.69 Å². The number of hydrogen-bond donors (Lipinski definition) is 1. The summed E-state index contributed by atoms with van der Waals surface area (Å²) in [4.78, 5) is 39.8. The number of Topliss-reactive ketones (excluding diaryl/α,β-unsaturated/α-hetero) is 1. The number of imide groups is 1. The molecule has 0 aliphatic carbocycles. The second kappa shape index (κ2) is 6.20. The van der Waals surface area contributed by atoms with Crippen molar-refractivity contribution in [1.29, 1.82) is 0 Å². The van der Waals surface area contributed by atoms with E-state index in [0.29, 0.717) is 16.1 Å². The van der Waals surface area contributed by atoms with Gasteiger partial charge in [-0.2, -0.15) is 0 Å². The Bertz CT molecular complexity index is 812.